The van der Waals surface area contributed by atoms with Crippen LogP contribution in [0.15, 0.2) is 0 Å². The van der Waals surface area contributed by atoms with Crippen molar-refractivity contribution in [3.8, 4) is 0 Å². The number of hydrogen-bond acceptors (Lipinski definition) is 2. The third-order valence-corrected chi connectivity index (χ3v) is 2.46. The second-order valence-corrected chi connectivity index (χ2v) is 4.98. The van der Waals surface area contributed by atoms with Crippen molar-refractivity contribution in [2.75, 3.05) is 27.2 Å². The van der Waals surface area contributed by atoms with Gasteiger partial charge < -0.3 is 10.2 Å². The van der Waals surface area contributed by atoms with E-state index < -0.39 is 0 Å². The van der Waals surface area contributed by atoms with Gasteiger partial charge in [0.25, 0.3) is 0 Å². The molecule has 0 spiro atoms. The standard InChI is InChI=1S/C12H28N2/c1-11(2)7-6-9-13-12(3)8-10-14(4)5/h11-13H,6-10H2,1-5H3. The first kappa shape index (κ1) is 13.9. The lowest BCUT2D eigenvalue weighted by molar-refractivity contribution is 0.363. The lowest BCUT2D eigenvalue weighted by Gasteiger charge is -2.16. The molecular weight excluding hydrogens is 172 g/mol. The maximum atomic E-state index is 3.57. The minimum Gasteiger partial charge on any atom is -0.314 e. The molecule has 0 radical (unpaired) electrons. The van der Waals surface area contributed by atoms with Crippen LogP contribution >= 0.6 is 0 Å². The van der Waals surface area contributed by atoms with Gasteiger partial charge in [0.05, 0.1) is 0 Å². The molecule has 0 saturated carbocycles. The van der Waals surface area contributed by atoms with Gasteiger partial charge >= 0.3 is 0 Å². The zero-order chi connectivity index (χ0) is 11.0. The molecule has 0 rings (SSSR count). The van der Waals surface area contributed by atoms with Crippen molar-refractivity contribution in [2.24, 2.45) is 5.92 Å². The van der Waals surface area contributed by atoms with E-state index >= 15 is 0 Å². The third kappa shape index (κ3) is 10.0. The first-order valence-electron chi connectivity index (χ1n) is 5.90. The van der Waals surface area contributed by atoms with Gasteiger partial charge in [-0.1, -0.05) is 13.8 Å². The molecule has 0 bridgehead atoms. The van der Waals surface area contributed by atoms with E-state index in [0.717, 1.165) is 5.92 Å². The van der Waals surface area contributed by atoms with Crippen molar-refractivity contribution >= 4 is 0 Å². The molecule has 0 aromatic carbocycles. The lowest BCUT2D eigenvalue weighted by atomic mass is 10.1. The molecule has 0 amide bonds. The lowest BCUT2D eigenvalue weighted by Crippen LogP contribution is -2.30. The van der Waals surface area contributed by atoms with Crippen LogP contribution in [-0.4, -0.2) is 38.1 Å². The van der Waals surface area contributed by atoms with E-state index in [1.165, 1.54) is 32.4 Å². The van der Waals surface area contributed by atoms with Crippen molar-refractivity contribution in [1.82, 2.24) is 10.2 Å². The van der Waals surface area contributed by atoms with Crippen molar-refractivity contribution in [2.45, 2.75) is 46.1 Å². The predicted molar refractivity (Wildman–Crippen MR) is 64.7 cm³/mol. The molecule has 1 unspecified atom stereocenters. The highest BCUT2D eigenvalue weighted by Gasteiger charge is 2.01. The minimum absolute atomic E-state index is 0.657. The Morgan fingerprint density at radius 2 is 1.71 bits per heavy atom. The van der Waals surface area contributed by atoms with Gasteiger partial charge in [-0.15, -0.1) is 0 Å². The van der Waals surface area contributed by atoms with Crippen LogP contribution in [0, 0.1) is 5.92 Å². The largest absolute Gasteiger partial charge is 0.314 e. The molecule has 1 atom stereocenters. The minimum atomic E-state index is 0.657. The van der Waals surface area contributed by atoms with E-state index in [1.54, 1.807) is 0 Å². The summed E-state index contributed by atoms with van der Waals surface area (Å²) < 4.78 is 0. The Morgan fingerprint density at radius 3 is 2.21 bits per heavy atom. The van der Waals surface area contributed by atoms with Gasteiger partial charge in [0.1, 0.15) is 0 Å². The zero-order valence-electron chi connectivity index (χ0n) is 10.6. The summed E-state index contributed by atoms with van der Waals surface area (Å²) in [7, 11) is 4.26. The highest BCUT2D eigenvalue weighted by Crippen LogP contribution is 2.02. The Kier molecular flexibility index (Phi) is 8.20. The van der Waals surface area contributed by atoms with Crippen LogP contribution in [0.1, 0.15) is 40.0 Å². The van der Waals surface area contributed by atoms with Gasteiger partial charge in [0, 0.05) is 6.04 Å². The summed E-state index contributed by atoms with van der Waals surface area (Å²) >= 11 is 0. The second kappa shape index (κ2) is 8.25. The summed E-state index contributed by atoms with van der Waals surface area (Å²) in [6.45, 7) is 9.20. The summed E-state index contributed by atoms with van der Waals surface area (Å²) in [6, 6.07) is 0.657. The van der Waals surface area contributed by atoms with Crippen LogP contribution < -0.4 is 5.32 Å². The van der Waals surface area contributed by atoms with E-state index in [2.05, 4.69) is 45.1 Å². The quantitative estimate of drug-likeness (QED) is 0.605. The molecule has 0 aliphatic heterocycles. The van der Waals surface area contributed by atoms with Crippen LogP contribution in [0.25, 0.3) is 0 Å². The van der Waals surface area contributed by atoms with Gasteiger partial charge in [0.15, 0.2) is 0 Å². The summed E-state index contributed by atoms with van der Waals surface area (Å²) in [6.07, 6.45) is 3.89. The number of rotatable bonds is 8. The summed E-state index contributed by atoms with van der Waals surface area (Å²) in [5, 5.41) is 3.57. The molecule has 0 aliphatic carbocycles. The van der Waals surface area contributed by atoms with Crippen LogP contribution in [0.4, 0.5) is 0 Å². The highest BCUT2D eigenvalue weighted by atomic mass is 15.1. The van der Waals surface area contributed by atoms with Gasteiger partial charge in [0.2, 0.25) is 0 Å². The topological polar surface area (TPSA) is 15.3 Å². The molecule has 14 heavy (non-hydrogen) atoms. The van der Waals surface area contributed by atoms with Gasteiger partial charge in [-0.3, -0.25) is 0 Å². The van der Waals surface area contributed by atoms with Crippen LogP contribution in [0.2, 0.25) is 0 Å². The maximum Gasteiger partial charge on any atom is 0.00508 e. The molecule has 0 saturated heterocycles. The molecule has 0 fully saturated rings. The first-order chi connectivity index (χ1) is 6.52. The van der Waals surface area contributed by atoms with Crippen molar-refractivity contribution in [3.05, 3.63) is 0 Å². The maximum absolute atomic E-state index is 3.57. The highest BCUT2D eigenvalue weighted by molar-refractivity contribution is 4.62. The number of hydrogen-bond donors (Lipinski definition) is 1. The fourth-order valence-electron chi connectivity index (χ4n) is 1.41. The molecule has 0 heterocycles. The van der Waals surface area contributed by atoms with Crippen LogP contribution in [0.5, 0.6) is 0 Å². The number of nitrogens with one attached hydrogen (secondary N) is 1. The Bertz CT molecular complexity index is 121. The smallest absolute Gasteiger partial charge is 0.00508 e. The molecule has 2 nitrogen and oxygen atoms in total. The average molecular weight is 200 g/mol. The molecule has 0 aromatic rings. The van der Waals surface area contributed by atoms with E-state index in [0.29, 0.717) is 6.04 Å². The fraction of sp³-hybridized carbons (Fsp3) is 1.00. The van der Waals surface area contributed by atoms with Crippen molar-refractivity contribution in [3.63, 3.8) is 0 Å². The first-order valence-corrected chi connectivity index (χ1v) is 5.90. The molecule has 86 valence electrons. The molecule has 0 aromatic heterocycles. The summed E-state index contributed by atoms with van der Waals surface area (Å²) in [4.78, 5) is 2.24. The van der Waals surface area contributed by atoms with Gasteiger partial charge in [-0.25, -0.2) is 0 Å². The Morgan fingerprint density at radius 1 is 1.07 bits per heavy atom. The monoisotopic (exact) mass is 200 g/mol. The molecule has 1 N–H and O–H groups in total. The normalized spacial score (nSPS) is 13.9. The number of nitrogens with zero attached hydrogens (tertiary/aromatic N) is 1. The summed E-state index contributed by atoms with van der Waals surface area (Å²) in [5.41, 5.74) is 0. The van der Waals surface area contributed by atoms with Gasteiger partial charge in [-0.2, -0.15) is 0 Å². The van der Waals surface area contributed by atoms with Crippen LogP contribution in [-0.2, 0) is 0 Å². The second-order valence-electron chi connectivity index (χ2n) is 4.98. The van der Waals surface area contributed by atoms with Gasteiger partial charge in [-0.05, 0) is 59.3 Å². The van der Waals surface area contributed by atoms with E-state index in [-0.39, 0.29) is 0 Å². The Hall–Kier alpha value is -0.0800. The fourth-order valence-corrected chi connectivity index (χ4v) is 1.41. The van der Waals surface area contributed by atoms with E-state index in [9.17, 15) is 0 Å². The van der Waals surface area contributed by atoms with Crippen LogP contribution in [0.3, 0.4) is 0 Å². The SMILES string of the molecule is CC(C)CCCNC(C)CCN(C)C. The predicted octanol–water partition coefficient (Wildman–Crippen LogP) is 2.35. The van der Waals surface area contributed by atoms with E-state index in [1.807, 2.05) is 0 Å². The van der Waals surface area contributed by atoms with Crippen molar-refractivity contribution in [1.29, 1.82) is 0 Å². The molecule has 2 heteroatoms. The Labute approximate surface area is 90.1 Å². The third-order valence-electron chi connectivity index (χ3n) is 2.46. The zero-order valence-corrected chi connectivity index (χ0v) is 10.6. The Balaban J connectivity index is 3.22. The molecular formula is C12H28N2. The van der Waals surface area contributed by atoms with E-state index in [4.69, 9.17) is 0 Å². The molecule has 0 aliphatic rings. The summed E-state index contributed by atoms with van der Waals surface area (Å²) in [5.74, 6) is 0.842. The van der Waals surface area contributed by atoms with Crippen molar-refractivity contribution < 1.29 is 0 Å². The average Bonchev–Trinajstić information content (AvgIpc) is 2.08.